The van der Waals surface area contributed by atoms with Gasteiger partial charge in [-0.2, -0.15) is 0 Å². The van der Waals surface area contributed by atoms with Crippen LogP contribution in [0.5, 0.6) is 0 Å². The van der Waals surface area contributed by atoms with Crippen molar-refractivity contribution in [1.29, 1.82) is 0 Å². The van der Waals surface area contributed by atoms with Crippen molar-refractivity contribution in [3.63, 3.8) is 0 Å². The summed E-state index contributed by atoms with van der Waals surface area (Å²) in [6, 6.07) is 0.117. The van der Waals surface area contributed by atoms with E-state index in [-0.39, 0.29) is 63.5 Å². The molecule has 0 aromatic heterocycles. The summed E-state index contributed by atoms with van der Waals surface area (Å²) >= 11 is 0. The van der Waals surface area contributed by atoms with Gasteiger partial charge in [-0.15, -0.1) is 0 Å². The number of hydrogen-bond donors (Lipinski definition) is 1. The van der Waals surface area contributed by atoms with Gasteiger partial charge in [0.25, 0.3) is 0 Å². The zero-order chi connectivity index (χ0) is 11.1. The summed E-state index contributed by atoms with van der Waals surface area (Å²) < 4.78 is 36.7. The predicted octanol–water partition coefficient (Wildman–Crippen LogP) is -2.87. The molecule has 2 atom stereocenters. The first kappa shape index (κ1) is 15.4. The molecule has 2 aliphatic heterocycles. The average Bonchev–Trinajstić information content (AvgIpc) is 2.40. The molecule has 0 radical (unpaired) electrons. The maximum Gasteiger partial charge on any atom is 1.00 e. The molecule has 1 N–H and O–H groups in total. The van der Waals surface area contributed by atoms with Crippen molar-refractivity contribution in [3.05, 3.63) is 0 Å². The third-order valence-electron chi connectivity index (χ3n) is 3.14. The van der Waals surface area contributed by atoms with Crippen molar-refractivity contribution >= 4 is 6.98 Å². The summed E-state index contributed by atoms with van der Waals surface area (Å²) in [5.41, 5.74) is 0. The molecule has 2 heterocycles. The quantitative estimate of drug-likeness (QED) is 0.542. The smallest absolute Gasteiger partial charge is 0.448 e. The van der Waals surface area contributed by atoms with E-state index in [1.165, 1.54) is 4.90 Å². The maximum absolute atomic E-state index is 12.2. The monoisotopic (exact) mass is 262 g/mol. The van der Waals surface area contributed by atoms with Gasteiger partial charge in [-0.1, -0.05) is 0 Å². The maximum atomic E-state index is 12.2. The molecular formula is C8H15BF3KN2O. The van der Waals surface area contributed by atoms with E-state index in [9.17, 15) is 18.1 Å². The molecule has 0 amide bonds. The normalized spacial score (nSPS) is 32.2. The van der Waals surface area contributed by atoms with Crippen LogP contribution in [0.25, 0.3) is 0 Å². The van der Waals surface area contributed by atoms with Gasteiger partial charge < -0.3 is 23.0 Å². The molecule has 16 heavy (non-hydrogen) atoms. The van der Waals surface area contributed by atoms with Crippen molar-refractivity contribution in [1.82, 2.24) is 9.80 Å². The molecule has 2 unspecified atom stereocenters. The van der Waals surface area contributed by atoms with Gasteiger partial charge in [0.15, 0.2) is 0 Å². The Morgan fingerprint density at radius 2 is 1.88 bits per heavy atom. The minimum atomic E-state index is -4.72. The molecule has 2 aliphatic rings. The Morgan fingerprint density at radius 3 is 2.50 bits per heavy atom. The van der Waals surface area contributed by atoms with E-state index in [0.717, 1.165) is 0 Å². The largest absolute Gasteiger partial charge is 1.00 e. The average molecular weight is 262 g/mol. The minimum Gasteiger partial charge on any atom is -0.448 e. The summed E-state index contributed by atoms with van der Waals surface area (Å²) in [5.74, 6) is 0. The molecule has 88 valence electrons. The molecule has 3 nitrogen and oxygen atoms in total. The Bertz CT molecular complexity index is 244. The van der Waals surface area contributed by atoms with E-state index in [1.54, 1.807) is 0 Å². The van der Waals surface area contributed by atoms with Gasteiger partial charge in [0.2, 0.25) is 0 Å². The van der Waals surface area contributed by atoms with E-state index >= 15 is 0 Å². The molecule has 0 aromatic rings. The number of piperazine rings is 1. The van der Waals surface area contributed by atoms with Gasteiger partial charge in [-0.3, -0.25) is 4.90 Å². The van der Waals surface area contributed by atoms with E-state index in [2.05, 4.69) is 4.90 Å². The van der Waals surface area contributed by atoms with Gasteiger partial charge in [0.1, 0.15) is 0 Å². The van der Waals surface area contributed by atoms with Gasteiger partial charge >= 0.3 is 58.4 Å². The zero-order valence-electron chi connectivity index (χ0n) is 9.45. The summed E-state index contributed by atoms with van der Waals surface area (Å²) in [7, 11) is 0. The second-order valence-electron chi connectivity index (χ2n) is 4.51. The molecule has 0 aliphatic carbocycles. The second kappa shape index (κ2) is 6.01. The molecule has 0 saturated carbocycles. The van der Waals surface area contributed by atoms with Gasteiger partial charge in [-0.05, 0) is 12.9 Å². The first-order chi connectivity index (χ1) is 6.94. The van der Waals surface area contributed by atoms with Crippen LogP contribution in [0.1, 0.15) is 6.42 Å². The Balaban J connectivity index is 0.00000128. The Hall–Kier alpha value is 1.37. The summed E-state index contributed by atoms with van der Waals surface area (Å²) in [5, 5.41) is 9.40. The molecule has 2 fully saturated rings. The topological polar surface area (TPSA) is 26.7 Å². The van der Waals surface area contributed by atoms with Crippen LogP contribution in [0.15, 0.2) is 0 Å². The van der Waals surface area contributed by atoms with Crippen molar-refractivity contribution < 1.29 is 69.4 Å². The van der Waals surface area contributed by atoms with E-state index in [4.69, 9.17) is 0 Å². The molecule has 8 heteroatoms. The molecule has 0 spiro atoms. The standard InChI is InChI=1S/C8H15BF3N2O.K/c10-9(11,12)6-13-1-2-14-5-8(15)3-7(14)4-13;/h7-8,15H,1-6H2;/q-1;+1. The van der Waals surface area contributed by atoms with Crippen molar-refractivity contribution in [3.8, 4) is 0 Å². The number of hydrogen-bond acceptors (Lipinski definition) is 3. The fourth-order valence-electron chi connectivity index (χ4n) is 2.54. The molecular weight excluding hydrogens is 247 g/mol. The van der Waals surface area contributed by atoms with Crippen LogP contribution < -0.4 is 51.4 Å². The van der Waals surface area contributed by atoms with Gasteiger partial charge in [-0.25, -0.2) is 0 Å². The van der Waals surface area contributed by atoms with Gasteiger partial charge in [0.05, 0.1) is 6.10 Å². The van der Waals surface area contributed by atoms with Crippen LogP contribution in [-0.2, 0) is 0 Å². The third-order valence-corrected chi connectivity index (χ3v) is 3.14. The Kier molecular flexibility index (Phi) is 5.79. The first-order valence-electron chi connectivity index (χ1n) is 5.29. The number of aliphatic hydroxyl groups excluding tert-OH is 1. The van der Waals surface area contributed by atoms with Crippen LogP contribution >= 0.6 is 0 Å². The fourth-order valence-corrected chi connectivity index (χ4v) is 2.54. The summed E-state index contributed by atoms with van der Waals surface area (Å²) in [6.45, 7) is -2.55. The van der Waals surface area contributed by atoms with Crippen LogP contribution in [0, 0.1) is 0 Å². The third kappa shape index (κ3) is 4.24. The zero-order valence-corrected chi connectivity index (χ0v) is 12.6. The predicted molar refractivity (Wildman–Crippen MR) is 51.5 cm³/mol. The number of nitrogens with zero attached hydrogens (tertiary/aromatic N) is 2. The van der Waals surface area contributed by atoms with Crippen molar-refractivity contribution in [2.45, 2.75) is 18.6 Å². The van der Waals surface area contributed by atoms with Crippen molar-refractivity contribution in [2.24, 2.45) is 0 Å². The van der Waals surface area contributed by atoms with Crippen LogP contribution in [-0.4, -0.2) is 66.7 Å². The van der Waals surface area contributed by atoms with E-state index in [0.29, 0.717) is 32.6 Å². The van der Waals surface area contributed by atoms with Crippen molar-refractivity contribution in [2.75, 3.05) is 32.6 Å². The fraction of sp³-hybridized carbons (Fsp3) is 1.00. The Morgan fingerprint density at radius 1 is 1.19 bits per heavy atom. The van der Waals surface area contributed by atoms with Crippen LogP contribution in [0.2, 0.25) is 0 Å². The number of aliphatic hydroxyl groups is 1. The molecule has 0 aromatic carbocycles. The van der Waals surface area contributed by atoms with Crippen LogP contribution in [0.3, 0.4) is 0 Å². The molecule has 0 bridgehead atoms. The summed E-state index contributed by atoms with van der Waals surface area (Å²) in [4.78, 5) is 3.55. The Labute approximate surface area is 136 Å². The second-order valence-corrected chi connectivity index (χ2v) is 4.51. The first-order valence-corrected chi connectivity index (χ1v) is 5.29. The molecule has 2 rings (SSSR count). The van der Waals surface area contributed by atoms with Gasteiger partial charge in [0, 0.05) is 32.2 Å². The summed E-state index contributed by atoms with van der Waals surface area (Å²) in [6.07, 6.45) is -0.506. The number of fused-ring (bicyclic) bond motifs is 1. The van der Waals surface area contributed by atoms with E-state index in [1.807, 2.05) is 0 Å². The minimum absolute atomic E-state index is 0. The van der Waals surface area contributed by atoms with Crippen LogP contribution in [0.4, 0.5) is 12.9 Å². The number of halogens is 3. The SMILES string of the molecule is OC1CC2CN(C[B-](F)(F)F)CCN2C1.[K+]. The molecule has 2 saturated heterocycles. The number of rotatable bonds is 2. The van der Waals surface area contributed by atoms with E-state index < -0.39 is 13.4 Å².